The van der Waals surface area contributed by atoms with Crippen molar-refractivity contribution in [1.82, 2.24) is 15.3 Å². The third-order valence-corrected chi connectivity index (χ3v) is 3.09. The Morgan fingerprint density at radius 1 is 1.19 bits per heavy atom. The highest BCUT2D eigenvalue weighted by Gasteiger charge is 2.06. The van der Waals surface area contributed by atoms with Crippen molar-refractivity contribution in [2.24, 2.45) is 0 Å². The van der Waals surface area contributed by atoms with E-state index in [9.17, 15) is 13.2 Å². The van der Waals surface area contributed by atoms with Gasteiger partial charge in [-0.15, -0.1) is 0 Å². The molecule has 0 aliphatic heterocycles. The molecule has 0 bridgehead atoms. The summed E-state index contributed by atoms with van der Waals surface area (Å²) in [6.07, 6.45) is 5.60. The monoisotopic (exact) mass is 306 g/mol. The first-order valence-electron chi connectivity index (χ1n) is 6.05. The first-order chi connectivity index (χ1) is 9.94. The summed E-state index contributed by atoms with van der Waals surface area (Å²) in [5.74, 6) is -0.0139. The zero-order valence-electron chi connectivity index (χ0n) is 11.3. The molecule has 21 heavy (non-hydrogen) atoms. The zero-order chi connectivity index (χ0) is 15.3. The van der Waals surface area contributed by atoms with Crippen LogP contribution in [0.15, 0.2) is 42.9 Å². The SMILES string of the molecule is CS(=O)(=O)Nc1cc(CNC(=O)c2ccncc2)ccn1. The van der Waals surface area contributed by atoms with Crippen LogP contribution in [-0.4, -0.2) is 30.5 Å². The normalized spacial score (nSPS) is 10.9. The summed E-state index contributed by atoms with van der Waals surface area (Å²) < 4.78 is 24.6. The summed E-state index contributed by atoms with van der Waals surface area (Å²) in [5, 5.41) is 2.73. The van der Waals surface area contributed by atoms with Gasteiger partial charge in [0.2, 0.25) is 10.0 Å². The van der Waals surface area contributed by atoms with E-state index in [0.29, 0.717) is 5.56 Å². The van der Waals surface area contributed by atoms with Gasteiger partial charge in [0.15, 0.2) is 0 Å². The number of pyridine rings is 2. The fraction of sp³-hybridized carbons (Fsp3) is 0.154. The van der Waals surface area contributed by atoms with Gasteiger partial charge in [-0.3, -0.25) is 14.5 Å². The number of anilines is 1. The van der Waals surface area contributed by atoms with E-state index >= 15 is 0 Å². The first kappa shape index (κ1) is 14.9. The minimum absolute atomic E-state index is 0.216. The van der Waals surface area contributed by atoms with Crippen LogP contribution in [0.25, 0.3) is 0 Å². The highest BCUT2D eigenvalue weighted by molar-refractivity contribution is 7.92. The van der Waals surface area contributed by atoms with Crippen LogP contribution in [0.1, 0.15) is 15.9 Å². The molecule has 2 N–H and O–H groups in total. The molecule has 0 unspecified atom stereocenters. The molecule has 2 aromatic heterocycles. The maximum atomic E-state index is 11.9. The standard InChI is InChI=1S/C13H14N4O3S/c1-21(19,20)17-12-8-10(2-7-15-12)9-16-13(18)11-3-5-14-6-4-11/h2-8H,9H2,1H3,(H,15,17)(H,16,18). The van der Waals surface area contributed by atoms with Crippen LogP contribution in [0.3, 0.4) is 0 Å². The van der Waals surface area contributed by atoms with Gasteiger partial charge in [0, 0.05) is 30.7 Å². The maximum Gasteiger partial charge on any atom is 0.251 e. The molecule has 0 aliphatic carbocycles. The lowest BCUT2D eigenvalue weighted by molar-refractivity contribution is 0.0951. The quantitative estimate of drug-likeness (QED) is 0.850. The van der Waals surface area contributed by atoms with Gasteiger partial charge in [0.1, 0.15) is 5.82 Å². The number of carbonyl (C=O) groups is 1. The van der Waals surface area contributed by atoms with Crippen LogP contribution in [0, 0.1) is 0 Å². The number of nitrogens with one attached hydrogen (secondary N) is 2. The highest BCUT2D eigenvalue weighted by Crippen LogP contribution is 2.08. The van der Waals surface area contributed by atoms with Crippen LogP contribution in [0.2, 0.25) is 0 Å². The van der Waals surface area contributed by atoms with Crippen LogP contribution in [0.4, 0.5) is 5.82 Å². The summed E-state index contributed by atoms with van der Waals surface area (Å²) in [4.78, 5) is 19.6. The molecule has 0 atom stereocenters. The summed E-state index contributed by atoms with van der Waals surface area (Å²) in [6.45, 7) is 0.266. The third-order valence-electron chi connectivity index (χ3n) is 2.51. The van der Waals surface area contributed by atoms with Crippen LogP contribution in [-0.2, 0) is 16.6 Å². The molecule has 0 saturated carbocycles. The van der Waals surface area contributed by atoms with E-state index in [1.54, 1.807) is 24.3 Å². The van der Waals surface area contributed by atoms with Crippen molar-refractivity contribution in [2.45, 2.75) is 6.54 Å². The van der Waals surface area contributed by atoms with Crippen molar-refractivity contribution in [1.29, 1.82) is 0 Å². The Hall–Kier alpha value is -2.48. The molecular formula is C13H14N4O3S. The Labute approximate surface area is 122 Å². The Bertz CT molecular complexity index is 732. The van der Waals surface area contributed by atoms with Crippen LogP contribution < -0.4 is 10.0 Å². The fourth-order valence-corrected chi connectivity index (χ4v) is 2.11. The highest BCUT2D eigenvalue weighted by atomic mass is 32.2. The van der Waals surface area contributed by atoms with Gasteiger partial charge < -0.3 is 5.32 Å². The molecule has 2 heterocycles. The lowest BCUT2D eigenvalue weighted by atomic mass is 10.2. The average molecular weight is 306 g/mol. The lowest BCUT2D eigenvalue weighted by Crippen LogP contribution is -2.23. The van der Waals surface area contributed by atoms with Gasteiger partial charge >= 0.3 is 0 Å². The van der Waals surface area contributed by atoms with Crippen molar-refractivity contribution >= 4 is 21.7 Å². The lowest BCUT2D eigenvalue weighted by Gasteiger charge is -2.07. The molecule has 8 heteroatoms. The number of hydrogen-bond acceptors (Lipinski definition) is 5. The zero-order valence-corrected chi connectivity index (χ0v) is 12.1. The summed E-state index contributed by atoms with van der Waals surface area (Å²) >= 11 is 0. The smallest absolute Gasteiger partial charge is 0.251 e. The van der Waals surface area contributed by atoms with E-state index in [0.717, 1.165) is 11.8 Å². The van der Waals surface area contributed by atoms with E-state index in [1.807, 2.05) is 0 Å². The molecule has 0 spiro atoms. The number of hydrogen-bond donors (Lipinski definition) is 2. The van der Waals surface area contributed by atoms with Gasteiger partial charge in [-0.25, -0.2) is 13.4 Å². The largest absolute Gasteiger partial charge is 0.348 e. The first-order valence-corrected chi connectivity index (χ1v) is 7.94. The van der Waals surface area contributed by atoms with Crippen molar-refractivity contribution in [3.63, 3.8) is 0 Å². The van der Waals surface area contributed by atoms with Gasteiger partial charge in [-0.2, -0.15) is 0 Å². The number of carbonyl (C=O) groups excluding carboxylic acids is 1. The Morgan fingerprint density at radius 3 is 2.57 bits per heavy atom. The Balaban J connectivity index is 2.01. The fourth-order valence-electron chi connectivity index (χ4n) is 1.62. The van der Waals surface area contributed by atoms with E-state index in [1.165, 1.54) is 18.6 Å². The Kier molecular flexibility index (Phi) is 4.49. The third kappa shape index (κ3) is 4.84. The van der Waals surface area contributed by atoms with Gasteiger partial charge in [0.05, 0.1) is 6.26 Å². The average Bonchev–Trinajstić information content (AvgIpc) is 2.44. The van der Waals surface area contributed by atoms with Crippen molar-refractivity contribution < 1.29 is 13.2 Å². The number of rotatable bonds is 5. The molecule has 0 aliphatic rings. The van der Waals surface area contributed by atoms with E-state index in [-0.39, 0.29) is 18.3 Å². The molecule has 0 saturated heterocycles. The van der Waals surface area contributed by atoms with Crippen LogP contribution >= 0.6 is 0 Å². The van der Waals surface area contributed by atoms with Crippen molar-refractivity contribution in [3.8, 4) is 0 Å². The molecule has 1 amide bonds. The second-order valence-electron chi connectivity index (χ2n) is 4.34. The summed E-state index contributed by atoms with van der Waals surface area (Å²) in [5.41, 5.74) is 1.24. The van der Waals surface area contributed by atoms with E-state index < -0.39 is 10.0 Å². The molecular weight excluding hydrogens is 292 g/mol. The Morgan fingerprint density at radius 2 is 1.90 bits per heavy atom. The van der Waals surface area contributed by atoms with Crippen LogP contribution in [0.5, 0.6) is 0 Å². The summed E-state index contributed by atoms with van der Waals surface area (Å²) in [7, 11) is -3.37. The van der Waals surface area contributed by atoms with E-state index in [4.69, 9.17) is 0 Å². The van der Waals surface area contributed by atoms with E-state index in [2.05, 4.69) is 20.0 Å². The minimum Gasteiger partial charge on any atom is -0.348 e. The van der Waals surface area contributed by atoms with Crippen molar-refractivity contribution in [3.05, 3.63) is 54.0 Å². The number of nitrogens with zero attached hydrogens (tertiary/aromatic N) is 2. The molecule has 110 valence electrons. The van der Waals surface area contributed by atoms with Gasteiger partial charge in [0.25, 0.3) is 5.91 Å². The molecule has 0 aromatic carbocycles. The number of aromatic nitrogens is 2. The summed E-state index contributed by atoms with van der Waals surface area (Å²) in [6, 6.07) is 6.48. The second-order valence-corrected chi connectivity index (χ2v) is 6.09. The molecule has 2 rings (SSSR count). The predicted octanol–water partition coefficient (Wildman–Crippen LogP) is 0.778. The predicted molar refractivity (Wildman–Crippen MR) is 78.1 cm³/mol. The van der Waals surface area contributed by atoms with Gasteiger partial charge in [-0.05, 0) is 29.8 Å². The molecule has 0 fully saturated rings. The minimum atomic E-state index is -3.37. The molecule has 0 radical (unpaired) electrons. The van der Waals surface area contributed by atoms with Gasteiger partial charge in [-0.1, -0.05) is 0 Å². The molecule has 7 nitrogen and oxygen atoms in total. The second kappa shape index (κ2) is 6.31. The molecule has 2 aromatic rings. The van der Waals surface area contributed by atoms with Crippen molar-refractivity contribution in [2.75, 3.05) is 11.0 Å². The number of amides is 1. The number of sulfonamides is 1. The topological polar surface area (TPSA) is 101 Å². The maximum absolute atomic E-state index is 11.9.